The van der Waals surface area contributed by atoms with Crippen LogP contribution < -0.4 is 0 Å². The summed E-state index contributed by atoms with van der Waals surface area (Å²) in [5.41, 5.74) is 3.81. The Kier molecular flexibility index (Phi) is 3.24. The average molecular weight is 176 g/mol. The van der Waals surface area contributed by atoms with Crippen molar-refractivity contribution in [3.8, 4) is 0 Å². The van der Waals surface area contributed by atoms with Crippen molar-refractivity contribution in [1.82, 2.24) is 0 Å². The van der Waals surface area contributed by atoms with Crippen LogP contribution in [0, 0.1) is 13.8 Å². The molecule has 0 saturated carbocycles. The van der Waals surface area contributed by atoms with Crippen molar-refractivity contribution in [2.75, 3.05) is 0 Å². The molecular formula is C12H16O. The fourth-order valence-electron chi connectivity index (χ4n) is 1.57. The molecule has 0 N–H and O–H groups in total. The Morgan fingerprint density at radius 3 is 2.23 bits per heavy atom. The maximum Gasteiger partial charge on any atom is 0.120 e. The molecule has 0 fully saturated rings. The smallest absolute Gasteiger partial charge is 0.120 e. The molecule has 0 saturated heterocycles. The first-order valence-corrected chi connectivity index (χ1v) is 4.65. The Balaban J connectivity index is 2.93. The summed E-state index contributed by atoms with van der Waals surface area (Å²) in [7, 11) is 0. The SMILES string of the molecule is Cc1cc(C)cc(C(C)CC=O)c1. The predicted molar refractivity (Wildman–Crippen MR) is 55.0 cm³/mol. The number of aryl methyl sites for hydroxylation is 2. The molecule has 0 aliphatic heterocycles. The van der Waals surface area contributed by atoms with Crippen LogP contribution in [0.1, 0.15) is 36.0 Å². The van der Waals surface area contributed by atoms with Gasteiger partial charge in [-0.2, -0.15) is 0 Å². The van der Waals surface area contributed by atoms with E-state index in [-0.39, 0.29) is 0 Å². The molecule has 1 heteroatoms. The molecule has 0 aliphatic carbocycles. The van der Waals surface area contributed by atoms with Gasteiger partial charge in [0.05, 0.1) is 0 Å². The molecular weight excluding hydrogens is 160 g/mol. The Labute approximate surface area is 79.8 Å². The van der Waals surface area contributed by atoms with Crippen LogP contribution >= 0.6 is 0 Å². The Morgan fingerprint density at radius 2 is 1.77 bits per heavy atom. The van der Waals surface area contributed by atoms with Gasteiger partial charge in [0, 0.05) is 6.42 Å². The van der Waals surface area contributed by atoms with E-state index in [2.05, 4.69) is 39.0 Å². The molecule has 0 aromatic heterocycles. The molecule has 0 bridgehead atoms. The Bertz CT molecular complexity index is 282. The summed E-state index contributed by atoms with van der Waals surface area (Å²) in [4.78, 5) is 10.4. The minimum absolute atomic E-state index is 0.344. The second-order valence-corrected chi connectivity index (χ2v) is 3.72. The van der Waals surface area contributed by atoms with E-state index >= 15 is 0 Å². The molecule has 1 aromatic carbocycles. The zero-order chi connectivity index (χ0) is 9.84. The molecule has 0 heterocycles. The van der Waals surface area contributed by atoms with E-state index in [0.29, 0.717) is 12.3 Å². The summed E-state index contributed by atoms with van der Waals surface area (Å²) in [6.45, 7) is 6.26. The van der Waals surface area contributed by atoms with Crippen molar-refractivity contribution in [2.45, 2.75) is 33.1 Å². The van der Waals surface area contributed by atoms with Gasteiger partial charge < -0.3 is 4.79 Å². The Morgan fingerprint density at radius 1 is 1.23 bits per heavy atom. The minimum atomic E-state index is 0.344. The first-order chi connectivity index (χ1) is 6.13. The maximum absolute atomic E-state index is 10.4. The van der Waals surface area contributed by atoms with E-state index in [1.54, 1.807) is 0 Å². The van der Waals surface area contributed by atoms with Crippen LogP contribution in [0.25, 0.3) is 0 Å². The minimum Gasteiger partial charge on any atom is -0.303 e. The third kappa shape index (κ3) is 2.69. The third-order valence-corrected chi connectivity index (χ3v) is 2.26. The van der Waals surface area contributed by atoms with Gasteiger partial charge in [-0.05, 0) is 25.3 Å². The number of aldehydes is 1. The molecule has 1 rings (SSSR count). The van der Waals surface area contributed by atoms with Crippen molar-refractivity contribution in [3.05, 3.63) is 34.9 Å². The predicted octanol–water partition coefficient (Wildman–Crippen LogP) is 3.00. The van der Waals surface area contributed by atoms with E-state index in [1.165, 1.54) is 16.7 Å². The second-order valence-electron chi connectivity index (χ2n) is 3.72. The van der Waals surface area contributed by atoms with Gasteiger partial charge in [-0.25, -0.2) is 0 Å². The van der Waals surface area contributed by atoms with Crippen molar-refractivity contribution in [3.63, 3.8) is 0 Å². The molecule has 0 spiro atoms. The summed E-state index contributed by atoms with van der Waals surface area (Å²) >= 11 is 0. The average Bonchev–Trinajstić information content (AvgIpc) is 2.03. The first-order valence-electron chi connectivity index (χ1n) is 4.65. The van der Waals surface area contributed by atoms with Gasteiger partial charge in [-0.1, -0.05) is 36.2 Å². The number of carbonyl (C=O) groups excluding carboxylic acids is 1. The normalized spacial score (nSPS) is 12.5. The van der Waals surface area contributed by atoms with E-state index in [0.717, 1.165) is 6.29 Å². The van der Waals surface area contributed by atoms with Crippen molar-refractivity contribution in [1.29, 1.82) is 0 Å². The third-order valence-electron chi connectivity index (χ3n) is 2.26. The lowest BCUT2D eigenvalue weighted by Crippen LogP contribution is -1.95. The topological polar surface area (TPSA) is 17.1 Å². The molecule has 1 aromatic rings. The van der Waals surface area contributed by atoms with Crippen LogP contribution in [0.4, 0.5) is 0 Å². The van der Waals surface area contributed by atoms with Crippen LogP contribution in [0.15, 0.2) is 18.2 Å². The zero-order valence-corrected chi connectivity index (χ0v) is 8.50. The number of carbonyl (C=O) groups is 1. The van der Waals surface area contributed by atoms with Gasteiger partial charge in [0.25, 0.3) is 0 Å². The standard InChI is InChI=1S/C12H16O/c1-9-6-10(2)8-12(7-9)11(3)4-5-13/h5-8,11H,4H2,1-3H3. The van der Waals surface area contributed by atoms with Crippen LogP contribution in [0.3, 0.4) is 0 Å². The lowest BCUT2D eigenvalue weighted by atomic mass is 9.95. The fraction of sp³-hybridized carbons (Fsp3) is 0.417. The van der Waals surface area contributed by atoms with Gasteiger partial charge in [0.15, 0.2) is 0 Å². The van der Waals surface area contributed by atoms with Gasteiger partial charge >= 0.3 is 0 Å². The molecule has 13 heavy (non-hydrogen) atoms. The fourth-order valence-corrected chi connectivity index (χ4v) is 1.57. The summed E-state index contributed by atoms with van der Waals surface area (Å²) < 4.78 is 0. The highest BCUT2D eigenvalue weighted by atomic mass is 16.1. The van der Waals surface area contributed by atoms with E-state index in [4.69, 9.17) is 0 Å². The largest absolute Gasteiger partial charge is 0.303 e. The first kappa shape index (κ1) is 9.97. The summed E-state index contributed by atoms with van der Waals surface area (Å²) in [6.07, 6.45) is 1.60. The number of hydrogen-bond acceptors (Lipinski definition) is 1. The number of rotatable bonds is 3. The van der Waals surface area contributed by atoms with Crippen LogP contribution in [-0.4, -0.2) is 6.29 Å². The van der Waals surface area contributed by atoms with E-state index < -0.39 is 0 Å². The molecule has 1 nitrogen and oxygen atoms in total. The summed E-state index contributed by atoms with van der Waals surface area (Å²) in [5.74, 6) is 0.344. The van der Waals surface area contributed by atoms with Crippen molar-refractivity contribution in [2.24, 2.45) is 0 Å². The van der Waals surface area contributed by atoms with Crippen LogP contribution in [0.5, 0.6) is 0 Å². The molecule has 0 radical (unpaired) electrons. The second kappa shape index (κ2) is 4.22. The summed E-state index contributed by atoms with van der Waals surface area (Å²) in [6, 6.07) is 6.46. The lowest BCUT2D eigenvalue weighted by molar-refractivity contribution is -0.108. The van der Waals surface area contributed by atoms with E-state index in [9.17, 15) is 4.79 Å². The highest BCUT2D eigenvalue weighted by molar-refractivity contribution is 5.51. The Hall–Kier alpha value is -1.11. The van der Waals surface area contributed by atoms with Crippen LogP contribution in [-0.2, 0) is 4.79 Å². The van der Waals surface area contributed by atoms with Crippen LogP contribution in [0.2, 0.25) is 0 Å². The van der Waals surface area contributed by atoms with Crippen molar-refractivity contribution >= 4 is 6.29 Å². The molecule has 1 unspecified atom stereocenters. The zero-order valence-electron chi connectivity index (χ0n) is 8.50. The highest BCUT2D eigenvalue weighted by Crippen LogP contribution is 2.20. The number of benzene rings is 1. The van der Waals surface area contributed by atoms with Crippen molar-refractivity contribution < 1.29 is 4.79 Å². The van der Waals surface area contributed by atoms with Gasteiger partial charge in [-0.3, -0.25) is 0 Å². The van der Waals surface area contributed by atoms with Gasteiger partial charge in [0.1, 0.15) is 6.29 Å². The van der Waals surface area contributed by atoms with Gasteiger partial charge in [-0.15, -0.1) is 0 Å². The molecule has 0 amide bonds. The molecule has 70 valence electrons. The highest BCUT2D eigenvalue weighted by Gasteiger charge is 2.05. The number of hydrogen-bond donors (Lipinski definition) is 0. The molecule has 0 aliphatic rings. The quantitative estimate of drug-likeness (QED) is 0.647. The maximum atomic E-state index is 10.4. The monoisotopic (exact) mass is 176 g/mol. The molecule has 1 atom stereocenters. The summed E-state index contributed by atoms with van der Waals surface area (Å²) in [5, 5.41) is 0. The van der Waals surface area contributed by atoms with Gasteiger partial charge in [0.2, 0.25) is 0 Å². The lowest BCUT2D eigenvalue weighted by Gasteiger charge is -2.10. The van der Waals surface area contributed by atoms with E-state index in [1.807, 2.05) is 0 Å².